The number of fused-ring (bicyclic) bond motifs is 1. The number of aromatic nitrogens is 1. The van der Waals surface area contributed by atoms with Gasteiger partial charge in [-0.2, -0.15) is 0 Å². The molecule has 5 rings (SSSR count). The van der Waals surface area contributed by atoms with Gasteiger partial charge in [-0.1, -0.05) is 0 Å². The molecule has 2 aliphatic heterocycles. The van der Waals surface area contributed by atoms with Crippen molar-refractivity contribution in [2.75, 3.05) is 62.2 Å². The van der Waals surface area contributed by atoms with Gasteiger partial charge in [0.05, 0.1) is 28.5 Å². The van der Waals surface area contributed by atoms with E-state index in [1.54, 1.807) is 29.7 Å². The summed E-state index contributed by atoms with van der Waals surface area (Å²) in [7, 11) is 0. The molecule has 2 aliphatic rings. The maximum atomic E-state index is 15.8. The van der Waals surface area contributed by atoms with Gasteiger partial charge in [0.25, 0.3) is 0 Å². The van der Waals surface area contributed by atoms with Crippen LogP contribution in [0.25, 0.3) is 16.6 Å². The van der Waals surface area contributed by atoms with Crippen molar-refractivity contribution in [3.05, 3.63) is 58.4 Å². The first kappa shape index (κ1) is 31.7. The van der Waals surface area contributed by atoms with E-state index in [4.69, 9.17) is 0 Å². The lowest BCUT2D eigenvalue weighted by Gasteiger charge is -2.38. The summed E-state index contributed by atoms with van der Waals surface area (Å²) in [5.41, 5.74) is -0.157. The molecular formula is C30H33F2N5O8. The van der Waals surface area contributed by atoms with E-state index in [9.17, 15) is 34.5 Å². The number of pyridine rings is 1. The fraction of sp³-hybridized carbons (Fsp3) is 0.400. The maximum absolute atomic E-state index is 15.8. The number of nitrogens with zero attached hydrogens (tertiary/aromatic N) is 5. The number of hydrogen-bond donors (Lipinski definition) is 3. The Bertz CT molecular complexity index is 1700. The van der Waals surface area contributed by atoms with Crippen molar-refractivity contribution < 1.29 is 43.2 Å². The average Bonchev–Trinajstić information content (AvgIpc) is 3.01. The van der Waals surface area contributed by atoms with Gasteiger partial charge in [0.15, 0.2) is 5.75 Å². The summed E-state index contributed by atoms with van der Waals surface area (Å²) in [5.74, 6) is -3.98. The first-order valence-electron chi connectivity index (χ1n) is 14.4. The Kier molecular flexibility index (Phi) is 8.93. The SMILES string of the molecule is CC(C(=O)O)N1CCN(c2ccc(-n3cc(OC(=O)O)c(=O)c4cc(F)c(N5CCN(C(C)C(=O)O)CC5)cc43)c(F)c2)CC1. The highest BCUT2D eigenvalue weighted by atomic mass is 19.1. The molecule has 2 fully saturated rings. The molecule has 0 spiro atoms. The monoisotopic (exact) mass is 629 g/mol. The van der Waals surface area contributed by atoms with E-state index in [1.807, 2.05) is 9.80 Å². The molecule has 2 aromatic carbocycles. The zero-order valence-electron chi connectivity index (χ0n) is 24.7. The van der Waals surface area contributed by atoms with Crippen molar-refractivity contribution in [3.8, 4) is 11.4 Å². The predicted molar refractivity (Wildman–Crippen MR) is 160 cm³/mol. The largest absolute Gasteiger partial charge is 0.511 e. The molecule has 240 valence electrons. The van der Waals surface area contributed by atoms with Gasteiger partial charge >= 0.3 is 18.1 Å². The highest BCUT2D eigenvalue weighted by Crippen LogP contribution is 2.31. The average molecular weight is 630 g/mol. The summed E-state index contributed by atoms with van der Waals surface area (Å²) in [6.07, 6.45) is -0.715. The molecule has 0 aliphatic carbocycles. The van der Waals surface area contributed by atoms with E-state index < -0.39 is 53.0 Å². The molecule has 0 bridgehead atoms. The van der Waals surface area contributed by atoms with Crippen molar-refractivity contribution in [1.29, 1.82) is 0 Å². The molecule has 3 aromatic rings. The van der Waals surface area contributed by atoms with Crippen LogP contribution in [0.2, 0.25) is 0 Å². The Balaban J connectivity index is 1.51. The fourth-order valence-electron chi connectivity index (χ4n) is 5.84. The van der Waals surface area contributed by atoms with Gasteiger partial charge < -0.3 is 34.4 Å². The lowest BCUT2D eigenvalue weighted by Crippen LogP contribution is -2.52. The quantitative estimate of drug-likeness (QED) is 0.314. The molecule has 0 amide bonds. The molecule has 0 radical (unpaired) electrons. The van der Waals surface area contributed by atoms with Crippen LogP contribution in [0.5, 0.6) is 5.75 Å². The van der Waals surface area contributed by atoms with Gasteiger partial charge in [0.2, 0.25) is 5.43 Å². The maximum Gasteiger partial charge on any atom is 0.511 e. The number of rotatable bonds is 8. The van der Waals surface area contributed by atoms with Crippen LogP contribution in [-0.4, -0.2) is 112 Å². The van der Waals surface area contributed by atoms with Crippen molar-refractivity contribution in [2.24, 2.45) is 0 Å². The highest BCUT2D eigenvalue weighted by Gasteiger charge is 2.28. The number of carboxylic acids is 2. The Morgan fingerprint density at radius 2 is 1.29 bits per heavy atom. The van der Waals surface area contributed by atoms with Gasteiger partial charge in [0.1, 0.15) is 23.7 Å². The van der Waals surface area contributed by atoms with Crippen LogP contribution < -0.4 is 20.0 Å². The second-order valence-electron chi connectivity index (χ2n) is 11.1. The Morgan fingerprint density at radius 3 is 1.80 bits per heavy atom. The Labute approximate surface area is 256 Å². The lowest BCUT2D eigenvalue weighted by atomic mass is 10.1. The molecule has 3 N–H and O–H groups in total. The topological polar surface area (TPSA) is 156 Å². The van der Waals surface area contributed by atoms with Crippen LogP contribution in [0.3, 0.4) is 0 Å². The first-order chi connectivity index (χ1) is 21.3. The van der Waals surface area contributed by atoms with Crippen molar-refractivity contribution in [3.63, 3.8) is 0 Å². The third-order valence-electron chi connectivity index (χ3n) is 8.57. The zero-order chi connectivity index (χ0) is 32.6. The van der Waals surface area contributed by atoms with Crippen molar-refractivity contribution in [1.82, 2.24) is 14.4 Å². The van der Waals surface area contributed by atoms with E-state index in [1.165, 1.54) is 22.8 Å². The van der Waals surface area contributed by atoms with Gasteiger partial charge in [-0.25, -0.2) is 13.6 Å². The minimum atomic E-state index is -1.77. The number of ether oxygens (including phenoxy) is 1. The lowest BCUT2D eigenvalue weighted by molar-refractivity contribution is -0.143. The third kappa shape index (κ3) is 6.40. The number of hydrogen-bond acceptors (Lipinski definition) is 9. The summed E-state index contributed by atoms with van der Waals surface area (Å²) in [4.78, 5) is 54.4. The van der Waals surface area contributed by atoms with Crippen LogP contribution in [-0.2, 0) is 9.59 Å². The zero-order valence-corrected chi connectivity index (χ0v) is 24.7. The standard InChI is InChI=1S/C30H33F2N5O8/c1-17(28(39)40)33-5-9-35(10-6-33)19-3-4-23(21(31)13-19)37-16-26(45-30(43)44)27(38)20-14-22(32)25(15-24(20)37)36-11-7-34(8-12-36)18(2)29(41)42/h3-4,13-18H,5-12H2,1-2H3,(H,39,40)(H,41,42)(H,43,44). The van der Waals surface area contributed by atoms with E-state index in [0.29, 0.717) is 58.0 Å². The van der Waals surface area contributed by atoms with Crippen LogP contribution in [0.1, 0.15) is 13.8 Å². The number of anilines is 2. The summed E-state index contributed by atoms with van der Waals surface area (Å²) in [6, 6.07) is 5.41. The van der Waals surface area contributed by atoms with Gasteiger partial charge in [-0.15, -0.1) is 0 Å². The number of aliphatic carboxylic acids is 2. The van der Waals surface area contributed by atoms with Crippen molar-refractivity contribution >= 4 is 40.4 Å². The molecule has 0 saturated carbocycles. The van der Waals surface area contributed by atoms with E-state index in [2.05, 4.69) is 4.74 Å². The van der Waals surface area contributed by atoms with Crippen LogP contribution in [0.15, 0.2) is 41.3 Å². The first-order valence-corrected chi connectivity index (χ1v) is 14.4. The second kappa shape index (κ2) is 12.7. The number of carboxylic acid groups (broad SMARTS) is 3. The number of piperazine rings is 2. The smallest absolute Gasteiger partial charge is 0.480 e. The van der Waals surface area contributed by atoms with Crippen LogP contribution in [0, 0.1) is 11.6 Å². The van der Waals surface area contributed by atoms with Gasteiger partial charge in [-0.05, 0) is 44.2 Å². The number of carbonyl (C=O) groups is 3. The van der Waals surface area contributed by atoms with Gasteiger partial charge in [0, 0.05) is 58.0 Å². The number of benzene rings is 2. The number of halogens is 2. The minimum Gasteiger partial charge on any atom is -0.480 e. The summed E-state index contributed by atoms with van der Waals surface area (Å²) in [5, 5.41) is 27.6. The third-order valence-corrected chi connectivity index (χ3v) is 8.57. The Morgan fingerprint density at radius 1 is 0.756 bits per heavy atom. The van der Waals surface area contributed by atoms with Crippen LogP contribution >= 0.6 is 0 Å². The molecule has 2 atom stereocenters. The molecule has 15 heteroatoms. The normalized spacial score (nSPS) is 17.7. The summed E-state index contributed by atoms with van der Waals surface area (Å²) in [6.45, 7) is 6.35. The van der Waals surface area contributed by atoms with E-state index in [-0.39, 0.29) is 22.3 Å². The van der Waals surface area contributed by atoms with E-state index >= 15 is 8.78 Å². The second-order valence-corrected chi connectivity index (χ2v) is 11.1. The molecule has 1 aromatic heterocycles. The van der Waals surface area contributed by atoms with Gasteiger partial charge in [-0.3, -0.25) is 24.2 Å². The minimum absolute atomic E-state index is 0.0465. The summed E-state index contributed by atoms with van der Waals surface area (Å²) < 4.78 is 37.2. The molecule has 13 nitrogen and oxygen atoms in total. The highest BCUT2D eigenvalue weighted by molar-refractivity contribution is 5.86. The molecule has 45 heavy (non-hydrogen) atoms. The molecular weight excluding hydrogens is 596 g/mol. The molecule has 2 unspecified atom stereocenters. The predicted octanol–water partition coefficient (Wildman–Crippen LogP) is 2.52. The molecule has 2 saturated heterocycles. The Hall–Kier alpha value is -4.76. The van der Waals surface area contributed by atoms with Crippen LogP contribution in [0.4, 0.5) is 25.0 Å². The van der Waals surface area contributed by atoms with E-state index in [0.717, 1.165) is 12.3 Å². The molecule has 3 heterocycles. The van der Waals surface area contributed by atoms with Crippen molar-refractivity contribution in [2.45, 2.75) is 25.9 Å². The summed E-state index contributed by atoms with van der Waals surface area (Å²) >= 11 is 0. The fourth-order valence-corrected chi connectivity index (χ4v) is 5.84.